The molecule has 0 aliphatic rings. The second-order valence-corrected chi connectivity index (χ2v) is 3.62. The molecule has 2 aromatic rings. The van der Waals surface area contributed by atoms with Crippen molar-refractivity contribution in [2.75, 3.05) is 5.88 Å². The maximum Gasteiger partial charge on any atom is 0.265 e. The van der Waals surface area contributed by atoms with E-state index < -0.39 is 0 Å². The van der Waals surface area contributed by atoms with E-state index in [4.69, 9.17) is 16.0 Å². The number of aromatic nitrogens is 1. The summed E-state index contributed by atoms with van der Waals surface area (Å²) in [6.07, 6.45) is 0. The summed E-state index contributed by atoms with van der Waals surface area (Å²) in [6, 6.07) is 5.19. The Bertz CT molecular complexity index is 495. The first-order valence-electron chi connectivity index (χ1n) is 3.86. The van der Waals surface area contributed by atoms with Crippen molar-refractivity contribution in [3.05, 3.63) is 28.6 Å². The lowest BCUT2D eigenvalue weighted by molar-refractivity contribution is 0.102. The number of oxazole rings is 1. The number of ketones is 1. The maximum absolute atomic E-state index is 11.4. The molecule has 72 valence electrons. The first-order valence-corrected chi connectivity index (χ1v) is 5.19. The average molecular weight is 275 g/mol. The maximum atomic E-state index is 11.4. The Morgan fingerprint density at radius 2 is 2.36 bits per heavy atom. The van der Waals surface area contributed by atoms with Crippen molar-refractivity contribution in [3.8, 4) is 0 Å². The van der Waals surface area contributed by atoms with E-state index in [1.807, 2.05) is 0 Å². The molecule has 0 saturated carbocycles. The molecule has 0 radical (unpaired) electrons. The van der Waals surface area contributed by atoms with Crippen LogP contribution in [0.4, 0.5) is 0 Å². The van der Waals surface area contributed by atoms with Crippen molar-refractivity contribution in [2.24, 2.45) is 0 Å². The molecule has 14 heavy (non-hydrogen) atoms. The zero-order chi connectivity index (χ0) is 10.1. The standard InChI is InChI=1S/C9H5BrClNO2/c10-9-12-6-3-1-2-5(7(13)4-11)8(6)14-9/h1-3H,4H2. The van der Waals surface area contributed by atoms with Gasteiger partial charge in [0, 0.05) is 15.9 Å². The highest BCUT2D eigenvalue weighted by Crippen LogP contribution is 2.23. The highest BCUT2D eigenvalue weighted by molar-refractivity contribution is 9.10. The molecular formula is C9H5BrClNO2. The fourth-order valence-electron chi connectivity index (χ4n) is 1.21. The van der Waals surface area contributed by atoms with Crippen molar-refractivity contribution in [2.45, 2.75) is 0 Å². The van der Waals surface area contributed by atoms with Crippen molar-refractivity contribution < 1.29 is 9.21 Å². The molecule has 1 aromatic carbocycles. The number of hydrogen-bond acceptors (Lipinski definition) is 3. The Balaban J connectivity index is 2.70. The number of nitrogens with zero attached hydrogens (tertiary/aromatic N) is 1. The Labute approximate surface area is 93.2 Å². The third-order valence-corrected chi connectivity index (χ3v) is 2.39. The second kappa shape index (κ2) is 3.71. The Hall–Kier alpha value is -0.870. The third kappa shape index (κ3) is 1.55. The van der Waals surface area contributed by atoms with Crippen LogP contribution in [0.5, 0.6) is 0 Å². The molecule has 0 unspecified atom stereocenters. The van der Waals surface area contributed by atoms with E-state index in [1.165, 1.54) is 0 Å². The summed E-state index contributed by atoms with van der Waals surface area (Å²) in [6.45, 7) is 0. The Kier molecular flexibility index (Phi) is 2.56. The molecule has 1 heterocycles. The minimum Gasteiger partial charge on any atom is -0.430 e. The number of carbonyl (C=O) groups excluding carboxylic acids is 1. The first kappa shape index (κ1) is 9.68. The summed E-state index contributed by atoms with van der Waals surface area (Å²) >= 11 is 8.58. The van der Waals surface area contributed by atoms with E-state index in [2.05, 4.69) is 20.9 Å². The summed E-state index contributed by atoms with van der Waals surface area (Å²) < 4.78 is 5.25. The van der Waals surface area contributed by atoms with Crippen LogP contribution < -0.4 is 0 Å². The number of halogens is 2. The van der Waals surface area contributed by atoms with Gasteiger partial charge in [0.25, 0.3) is 4.80 Å². The Morgan fingerprint density at radius 1 is 1.57 bits per heavy atom. The highest BCUT2D eigenvalue weighted by atomic mass is 79.9. The molecule has 5 heteroatoms. The molecule has 0 aliphatic heterocycles. The predicted octanol–water partition coefficient (Wildman–Crippen LogP) is 3.01. The van der Waals surface area contributed by atoms with E-state index >= 15 is 0 Å². The van der Waals surface area contributed by atoms with Gasteiger partial charge in [0.15, 0.2) is 11.4 Å². The number of alkyl halides is 1. The van der Waals surface area contributed by atoms with Crippen LogP contribution in [-0.2, 0) is 0 Å². The number of para-hydroxylation sites is 1. The molecule has 3 nitrogen and oxygen atoms in total. The molecular weight excluding hydrogens is 269 g/mol. The number of rotatable bonds is 2. The Morgan fingerprint density at radius 3 is 3.07 bits per heavy atom. The van der Waals surface area contributed by atoms with Gasteiger partial charge in [-0.05, 0) is 12.1 Å². The molecule has 0 bridgehead atoms. The summed E-state index contributed by atoms with van der Waals surface area (Å²) in [7, 11) is 0. The second-order valence-electron chi connectivity index (χ2n) is 2.68. The van der Waals surface area contributed by atoms with Crippen molar-refractivity contribution in [1.29, 1.82) is 0 Å². The average Bonchev–Trinajstić information content (AvgIpc) is 2.56. The van der Waals surface area contributed by atoms with Crippen LogP contribution in [0.15, 0.2) is 27.4 Å². The van der Waals surface area contributed by atoms with Crippen LogP contribution in [0.2, 0.25) is 0 Å². The summed E-state index contributed by atoms with van der Waals surface area (Å²) in [5.41, 5.74) is 1.59. The largest absolute Gasteiger partial charge is 0.430 e. The zero-order valence-electron chi connectivity index (χ0n) is 6.96. The summed E-state index contributed by atoms with van der Waals surface area (Å²) in [5, 5.41) is 0. The number of benzene rings is 1. The van der Waals surface area contributed by atoms with Gasteiger partial charge in [0.2, 0.25) is 0 Å². The normalized spacial score (nSPS) is 10.7. The molecule has 0 fully saturated rings. The van der Waals surface area contributed by atoms with Crippen LogP contribution >= 0.6 is 27.5 Å². The first-order chi connectivity index (χ1) is 6.72. The van der Waals surface area contributed by atoms with E-state index in [-0.39, 0.29) is 11.7 Å². The SMILES string of the molecule is O=C(CCl)c1cccc2nc(Br)oc12. The molecule has 0 aliphatic carbocycles. The van der Waals surface area contributed by atoms with Gasteiger partial charge >= 0.3 is 0 Å². The lowest BCUT2D eigenvalue weighted by atomic mass is 10.1. The van der Waals surface area contributed by atoms with Crippen molar-refractivity contribution >= 4 is 44.4 Å². The molecule has 0 N–H and O–H groups in total. The van der Waals surface area contributed by atoms with Gasteiger partial charge in [-0.1, -0.05) is 6.07 Å². The van der Waals surface area contributed by atoms with Crippen molar-refractivity contribution in [1.82, 2.24) is 4.98 Å². The monoisotopic (exact) mass is 273 g/mol. The highest BCUT2D eigenvalue weighted by Gasteiger charge is 2.13. The van der Waals surface area contributed by atoms with Crippen LogP contribution in [0.25, 0.3) is 11.1 Å². The molecule has 0 atom stereocenters. The van der Waals surface area contributed by atoms with Gasteiger partial charge in [0.1, 0.15) is 5.52 Å². The fourth-order valence-corrected chi connectivity index (χ4v) is 1.71. The minimum atomic E-state index is -0.166. The van der Waals surface area contributed by atoms with Gasteiger partial charge < -0.3 is 4.42 Å². The smallest absolute Gasteiger partial charge is 0.265 e. The lowest BCUT2D eigenvalue weighted by Crippen LogP contribution is -1.99. The number of Topliss-reactive ketones (excluding diaryl/α,β-unsaturated/α-hetero) is 1. The summed E-state index contributed by atoms with van der Waals surface area (Å²) in [4.78, 5) is 15.8. The molecule has 0 spiro atoms. The van der Waals surface area contributed by atoms with E-state index in [9.17, 15) is 4.79 Å². The molecule has 0 amide bonds. The molecule has 0 saturated heterocycles. The quantitative estimate of drug-likeness (QED) is 0.624. The van der Waals surface area contributed by atoms with Gasteiger partial charge in [-0.3, -0.25) is 4.79 Å². The van der Waals surface area contributed by atoms with E-state index in [0.29, 0.717) is 21.5 Å². The topological polar surface area (TPSA) is 43.1 Å². The van der Waals surface area contributed by atoms with E-state index in [0.717, 1.165) is 0 Å². The number of fused-ring (bicyclic) bond motifs is 1. The van der Waals surface area contributed by atoms with Crippen LogP contribution in [0, 0.1) is 0 Å². The van der Waals surface area contributed by atoms with Gasteiger partial charge in [-0.25, -0.2) is 4.98 Å². The van der Waals surface area contributed by atoms with Gasteiger partial charge in [-0.15, -0.1) is 11.6 Å². The number of carbonyl (C=O) groups is 1. The van der Waals surface area contributed by atoms with Gasteiger partial charge in [-0.2, -0.15) is 0 Å². The zero-order valence-corrected chi connectivity index (χ0v) is 9.30. The predicted molar refractivity (Wildman–Crippen MR) is 56.8 cm³/mol. The van der Waals surface area contributed by atoms with Crippen LogP contribution in [0.3, 0.4) is 0 Å². The fraction of sp³-hybridized carbons (Fsp3) is 0.111. The number of hydrogen-bond donors (Lipinski definition) is 0. The van der Waals surface area contributed by atoms with Crippen molar-refractivity contribution in [3.63, 3.8) is 0 Å². The minimum absolute atomic E-state index is 0.0581. The third-order valence-electron chi connectivity index (χ3n) is 1.81. The van der Waals surface area contributed by atoms with E-state index in [1.54, 1.807) is 18.2 Å². The molecule has 1 aromatic heterocycles. The van der Waals surface area contributed by atoms with Crippen LogP contribution in [0.1, 0.15) is 10.4 Å². The van der Waals surface area contributed by atoms with Gasteiger partial charge in [0.05, 0.1) is 11.4 Å². The summed E-state index contributed by atoms with van der Waals surface area (Å²) in [5.74, 6) is -0.224. The lowest BCUT2D eigenvalue weighted by Gasteiger charge is -1.95. The van der Waals surface area contributed by atoms with Crippen LogP contribution in [-0.4, -0.2) is 16.6 Å². The molecule has 2 rings (SSSR count).